The van der Waals surface area contributed by atoms with Crippen molar-refractivity contribution in [1.29, 1.82) is 0 Å². The van der Waals surface area contributed by atoms with E-state index in [1.54, 1.807) is 12.1 Å². The third kappa shape index (κ3) is 5.88. The van der Waals surface area contributed by atoms with Gasteiger partial charge in [0.25, 0.3) is 0 Å². The first-order valence-electron chi connectivity index (χ1n) is 6.36. The molecule has 0 spiro atoms. The van der Waals surface area contributed by atoms with E-state index in [4.69, 9.17) is 0 Å². The Balaban J connectivity index is 2.38. The number of halogens is 4. The maximum absolute atomic E-state index is 12.6. The summed E-state index contributed by atoms with van der Waals surface area (Å²) in [6, 6.07) is 7.53. The van der Waals surface area contributed by atoms with Crippen LogP contribution in [0.15, 0.2) is 24.3 Å². The zero-order valence-electron chi connectivity index (χ0n) is 11.5. The van der Waals surface area contributed by atoms with Crippen molar-refractivity contribution in [2.75, 3.05) is 6.61 Å². The molecule has 1 N–H and O–H groups in total. The molecule has 0 bridgehead atoms. The van der Waals surface area contributed by atoms with E-state index in [0.717, 1.165) is 5.56 Å². The Morgan fingerprint density at radius 2 is 1.65 bits per heavy atom. The molecule has 0 aliphatic rings. The molecule has 1 rings (SSSR count). The number of rotatable bonds is 8. The number of alkyl halides is 4. The lowest BCUT2D eigenvalue weighted by molar-refractivity contribution is -0.168. The summed E-state index contributed by atoms with van der Waals surface area (Å²) in [6.45, 7) is 3.39. The lowest BCUT2D eigenvalue weighted by Crippen LogP contribution is -2.32. The van der Waals surface area contributed by atoms with Crippen LogP contribution in [0.3, 0.4) is 0 Å². The molecule has 0 radical (unpaired) electrons. The van der Waals surface area contributed by atoms with Crippen molar-refractivity contribution in [1.82, 2.24) is 5.32 Å². The van der Waals surface area contributed by atoms with Gasteiger partial charge in [0, 0.05) is 12.6 Å². The second kappa shape index (κ2) is 7.59. The standard InChI is InChI=1S/C14H19F4NO/c1-10(2)19-7-11-3-5-12(6-4-11)8-20-9-14(17,18)13(15)16/h3-6,10,13,19H,7-9H2,1-2H3. The van der Waals surface area contributed by atoms with Crippen molar-refractivity contribution in [3.8, 4) is 0 Å². The van der Waals surface area contributed by atoms with Gasteiger partial charge in [-0.15, -0.1) is 0 Å². The number of benzene rings is 1. The summed E-state index contributed by atoms with van der Waals surface area (Å²) in [5.74, 6) is -4.10. The Morgan fingerprint density at radius 3 is 2.15 bits per heavy atom. The molecule has 1 aromatic carbocycles. The van der Waals surface area contributed by atoms with Crippen LogP contribution in [0.25, 0.3) is 0 Å². The van der Waals surface area contributed by atoms with Gasteiger partial charge in [-0.2, -0.15) is 8.78 Å². The van der Waals surface area contributed by atoms with Gasteiger partial charge in [-0.05, 0) is 11.1 Å². The summed E-state index contributed by atoms with van der Waals surface area (Å²) >= 11 is 0. The molecule has 0 amide bonds. The summed E-state index contributed by atoms with van der Waals surface area (Å²) in [7, 11) is 0. The number of hydrogen-bond donors (Lipinski definition) is 1. The molecule has 20 heavy (non-hydrogen) atoms. The van der Waals surface area contributed by atoms with Crippen LogP contribution in [0.1, 0.15) is 25.0 Å². The monoisotopic (exact) mass is 293 g/mol. The van der Waals surface area contributed by atoms with Gasteiger partial charge in [-0.3, -0.25) is 0 Å². The Morgan fingerprint density at radius 1 is 1.10 bits per heavy atom. The summed E-state index contributed by atoms with van der Waals surface area (Å²) in [6.07, 6.45) is -3.70. The van der Waals surface area contributed by atoms with Crippen LogP contribution >= 0.6 is 0 Å². The molecule has 0 aliphatic heterocycles. The molecule has 0 atom stereocenters. The van der Waals surface area contributed by atoms with E-state index >= 15 is 0 Å². The van der Waals surface area contributed by atoms with Crippen LogP contribution < -0.4 is 5.32 Å². The van der Waals surface area contributed by atoms with E-state index in [2.05, 4.69) is 10.1 Å². The molecular weight excluding hydrogens is 274 g/mol. The Hall–Kier alpha value is -1.14. The lowest BCUT2D eigenvalue weighted by Gasteiger charge is -2.15. The maximum atomic E-state index is 12.6. The van der Waals surface area contributed by atoms with Gasteiger partial charge in [-0.1, -0.05) is 38.1 Å². The molecule has 2 nitrogen and oxygen atoms in total. The highest BCUT2D eigenvalue weighted by Crippen LogP contribution is 2.23. The molecule has 114 valence electrons. The molecular formula is C14H19F4NO. The topological polar surface area (TPSA) is 21.3 Å². The van der Waals surface area contributed by atoms with Crippen molar-refractivity contribution < 1.29 is 22.3 Å². The molecule has 0 fully saturated rings. The quantitative estimate of drug-likeness (QED) is 0.739. The maximum Gasteiger partial charge on any atom is 0.330 e. The molecule has 1 aromatic rings. The lowest BCUT2D eigenvalue weighted by atomic mass is 10.1. The summed E-state index contributed by atoms with van der Waals surface area (Å²) in [4.78, 5) is 0. The fourth-order valence-corrected chi connectivity index (χ4v) is 1.44. The third-order valence-electron chi connectivity index (χ3n) is 2.62. The number of nitrogens with one attached hydrogen (secondary N) is 1. The molecule has 0 saturated heterocycles. The summed E-state index contributed by atoms with van der Waals surface area (Å²) < 4.78 is 53.7. The zero-order chi connectivity index (χ0) is 15.2. The SMILES string of the molecule is CC(C)NCc1ccc(COCC(F)(F)C(F)F)cc1. The minimum Gasteiger partial charge on any atom is -0.370 e. The van der Waals surface area contributed by atoms with Gasteiger partial charge in [0.05, 0.1) is 6.61 Å². The van der Waals surface area contributed by atoms with Gasteiger partial charge in [0.2, 0.25) is 0 Å². The minimum atomic E-state index is -4.10. The Bertz CT molecular complexity index is 393. The minimum absolute atomic E-state index is 0.111. The van der Waals surface area contributed by atoms with E-state index in [-0.39, 0.29) is 6.61 Å². The highest BCUT2D eigenvalue weighted by Gasteiger charge is 2.40. The van der Waals surface area contributed by atoms with Crippen LogP contribution in [-0.4, -0.2) is 25.0 Å². The summed E-state index contributed by atoms with van der Waals surface area (Å²) in [5.41, 5.74) is 1.73. The van der Waals surface area contributed by atoms with Crippen molar-refractivity contribution in [2.24, 2.45) is 0 Å². The van der Waals surface area contributed by atoms with Crippen molar-refractivity contribution >= 4 is 0 Å². The fourth-order valence-electron chi connectivity index (χ4n) is 1.44. The molecule has 0 saturated carbocycles. The average Bonchev–Trinajstić information content (AvgIpc) is 2.37. The first-order valence-corrected chi connectivity index (χ1v) is 6.36. The third-order valence-corrected chi connectivity index (χ3v) is 2.62. The highest BCUT2D eigenvalue weighted by molar-refractivity contribution is 5.21. The highest BCUT2D eigenvalue weighted by atomic mass is 19.3. The predicted molar refractivity (Wildman–Crippen MR) is 69.0 cm³/mol. The molecule has 0 heterocycles. The van der Waals surface area contributed by atoms with Crippen molar-refractivity contribution in [3.05, 3.63) is 35.4 Å². The van der Waals surface area contributed by atoms with E-state index in [1.165, 1.54) is 0 Å². The van der Waals surface area contributed by atoms with E-state index in [0.29, 0.717) is 18.2 Å². The molecule has 0 aliphatic carbocycles. The molecule has 0 aromatic heterocycles. The Kier molecular flexibility index (Phi) is 6.42. The van der Waals surface area contributed by atoms with E-state index < -0.39 is 19.0 Å². The normalized spacial score (nSPS) is 12.4. The van der Waals surface area contributed by atoms with Gasteiger partial charge in [-0.25, -0.2) is 8.78 Å². The second-order valence-electron chi connectivity index (χ2n) is 4.91. The van der Waals surface area contributed by atoms with Crippen LogP contribution in [0.4, 0.5) is 17.6 Å². The Labute approximate surface area is 116 Å². The first kappa shape index (κ1) is 16.9. The van der Waals surface area contributed by atoms with E-state index in [1.807, 2.05) is 26.0 Å². The van der Waals surface area contributed by atoms with E-state index in [9.17, 15) is 17.6 Å². The van der Waals surface area contributed by atoms with Gasteiger partial charge >= 0.3 is 12.3 Å². The number of hydrogen-bond acceptors (Lipinski definition) is 2. The molecule has 0 unspecified atom stereocenters. The average molecular weight is 293 g/mol. The van der Waals surface area contributed by atoms with Crippen molar-refractivity contribution in [3.63, 3.8) is 0 Å². The van der Waals surface area contributed by atoms with Gasteiger partial charge in [0.1, 0.15) is 6.61 Å². The first-order chi connectivity index (χ1) is 9.31. The second-order valence-corrected chi connectivity index (χ2v) is 4.91. The summed E-state index contributed by atoms with van der Waals surface area (Å²) in [5, 5.41) is 3.24. The van der Waals surface area contributed by atoms with Crippen LogP contribution in [-0.2, 0) is 17.9 Å². The zero-order valence-corrected chi connectivity index (χ0v) is 11.5. The fraction of sp³-hybridized carbons (Fsp3) is 0.571. The largest absolute Gasteiger partial charge is 0.370 e. The smallest absolute Gasteiger partial charge is 0.330 e. The van der Waals surface area contributed by atoms with Gasteiger partial charge in [0.15, 0.2) is 0 Å². The van der Waals surface area contributed by atoms with Gasteiger partial charge < -0.3 is 10.1 Å². The van der Waals surface area contributed by atoms with Crippen LogP contribution in [0.5, 0.6) is 0 Å². The number of ether oxygens (including phenoxy) is 1. The van der Waals surface area contributed by atoms with Crippen LogP contribution in [0, 0.1) is 0 Å². The van der Waals surface area contributed by atoms with Crippen molar-refractivity contribution in [2.45, 2.75) is 45.4 Å². The van der Waals surface area contributed by atoms with Crippen LogP contribution in [0.2, 0.25) is 0 Å². The predicted octanol–water partition coefficient (Wildman–Crippen LogP) is 3.60. The molecule has 6 heteroatoms.